The van der Waals surface area contributed by atoms with Crippen molar-refractivity contribution in [2.75, 3.05) is 20.3 Å². The van der Waals surface area contributed by atoms with Crippen LogP contribution in [0, 0.1) is 5.92 Å². The van der Waals surface area contributed by atoms with E-state index in [1.807, 2.05) is 6.92 Å². The highest BCUT2D eigenvalue weighted by Gasteiger charge is 2.31. The number of carbonyl (C=O) groups is 1. The Balaban J connectivity index is 2.38. The van der Waals surface area contributed by atoms with Crippen LogP contribution < -0.4 is 0 Å². The monoisotopic (exact) mass is 174 g/mol. The van der Waals surface area contributed by atoms with Gasteiger partial charge >= 0.3 is 6.16 Å². The maximum absolute atomic E-state index is 10.6. The van der Waals surface area contributed by atoms with E-state index in [4.69, 9.17) is 9.47 Å². The molecule has 70 valence electrons. The van der Waals surface area contributed by atoms with Crippen LogP contribution >= 0.6 is 0 Å². The number of rotatable bonds is 4. The third kappa shape index (κ3) is 2.11. The van der Waals surface area contributed by atoms with Gasteiger partial charge in [0.05, 0.1) is 6.61 Å². The van der Waals surface area contributed by atoms with Gasteiger partial charge in [0, 0.05) is 13.0 Å². The van der Waals surface area contributed by atoms with Crippen molar-refractivity contribution < 1.29 is 19.0 Å². The molecule has 1 heterocycles. The van der Waals surface area contributed by atoms with Gasteiger partial charge in [0.25, 0.3) is 0 Å². The molecule has 0 saturated carbocycles. The lowest BCUT2D eigenvalue weighted by molar-refractivity contribution is 0.0553. The number of hydrogen-bond acceptors (Lipinski definition) is 4. The molecule has 0 amide bonds. The maximum Gasteiger partial charge on any atom is 0.508 e. The SMILES string of the molecule is CCC(COC)C1COC(=O)O1. The standard InChI is InChI=1S/C8H14O4/c1-3-6(4-10-2)7-5-11-8(9)12-7/h6-7H,3-5H2,1-2H3. The Labute approximate surface area is 71.8 Å². The highest BCUT2D eigenvalue weighted by atomic mass is 16.8. The van der Waals surface area contributed by atoms with E-state index in [0.29, 0.717) is 13.2 Å². The molecule has 2 atom stereocenters. The molecule has 1 fully saturated rings. The van der Waals surface area contributed by atoms with Gasteiger partial charge in [-0.05, 0) is 6.42 Å². The largest absolute Gasteiger partial charge is 0.508 e. The third-order valence-corrected chi connectivity index (χ3v) is 2.04. The van der Waals surface area contributed by atoms with Gasteiger partial charge in [0.1, 0.15) is 12.7 Å². The Morgan fingerprint density at radius 1 is 1.75 bits per heavy atom. The van der Waals surface area contributed by atoms with Gasteiger partial charge in [-0.1, -0.05) is 6.92 Å². The van der Waals surface area contributed by atoms with E-state index >= 15 is 0 Å². The van der Waals surface area contributed by atoms with E-state index in [0.717, 1.165) is 6.42 Å². The summed E-state index contributed by atoms with van der Waals surface area (Å²) >= 11 is 0. The summed E-state index contributed by atoms with van der Waals surface area (Å²) in [7, 11) is 1.64. The summed E-state index contributed by atoms with van der Waals surface area (Å²) in [5.74, 6) is 0.251. The van der Waals surface area contributed by atoms with Crippen LogP contribution in [-0.4, -0.2) is 32.6 Å². The molecule has 1 aliphatic rings. The second kappa shape index (κ2) is 4.30. The molecule has 0 N–H and O–H groups in total. The number of ether oxygens (including phenoxy) is 3. The van der Waals surface area contributed by atoms with Crippen LogP contribution in [-0.2, 0) is 14.2 Å². The van der Waals surface area contributed by atoms with Gasteiger partial charge in [-0.25, -0.2) is 4.79 Å². The quantitative estimate of drug-likeness (QED) is 0.600. The molecule has 0 aromatic carbocycles. The minimum atomic E-state index is -0.561. The van der Waals surface area contributed by atoms with Crippen molar-refractivity contribution in [3.8, 4) is 0 Å². The molecule has 0 aromatic heterocycles. The van der Waals surface area contributed by atoms with Gasteiger partial charge in [-0.2, -0.15) is 0 Å². The van der Waals surface area contributed by atoms with Gasteiger partial charge in [-0.15, -0.1) is 0 Å². The summed E-state index contributed by atoms with van der Waals surface area (Å²) in [4.78, 5) is 10.6. The van der Waals surface area contributed by atoms with E-state index in [1.165, 1.54) is 0 Å². The fourth-order valence-corrected chi connectivity index (χ4v) is 1.28. The molecule has 0 radical (unpaired) electrons. The zero-order valence-corrected chi connectivity index (χ0v) is 7.41. The molecule has 2 unspecified atom stereocenters. The van der Waals surface area contributed by atoms with Crippen molar-refractivity contribution in [2.45, 2.75) is 19.4 Å². The summed E-state index contributed by atoms with van der Waals surface area (Å²) in [6, 6.07) is 0. The molecular formula is C8H14O4. The Morgan fingerprint density at radius 3 is 2.92 bits per heavy atom. The predicted molar refractivity (Wildman–Crippen MR) is 41.9 cm³/mol. The lowest BCUT2D eigenvalue weighted by atomic mass is 10.0. The molecule has 4 nitrogen and oxygen atoms in total. The Morgan fingerprint density at radius 2 is 2.50 bits per heavy atom. The zero-order valence-electron chi connectivity index (χ0n) is 7.41. The van der Waals surface area contributed by atoms with Gasteiger partial charge in [0.2, 0.25) is 0 Å². The molecule has 1 aliphatic heterocycles. The first-order valence-corrected chi connectivity index (χ1v) is 4.10. The number of cyclic esters (lactones) is 2. The van der Waals surface area contributed by atoms with Gasteiger partial charge in [-0.3, -0.25) is 0 Å². The number of carbonyl (C=O) groups excluding carboxylic acids is 1. The van der Waals surface area contributed by atoms with Crippen LogP contribution in [0.3, 0.4) is 0 Å². The van der Waals surface area contributed by atoms with Crippen molar-refractivity contribution in [3.63, 3.8) is 0 Å². The molecular weight excluding hydrogens is 160 g/mol. The summed E-state index contributed by atoms with van der Waals surface area (Å²) in [5, 5.41) is 0. The summed E-state index contributed by atoms with van der Waals surface area (Å²) < 4.78 is 14.6. The molecule has 12 heavy (non-hydrogen) atoms. The van der Waals surface area contributed by atoms with Crippen LogP contribution in [0.15, 0.2) is 0 Å². The second-order valence-electron chi connectivity index (χ2n) is 2.84. The molecule has 0 aromatic rings. The van der Waals surface area contributed by atoms with Crippen molar-refractivity contribution in [2.24, 2.45) is 5.92 Å². The highest BCUT2D eigenvalue weighted by Crippen LogP contribution is 2.18. The summed E-state index contributed by atoms with van der Waals surface area (Å²) in [6.45, 7) is 3.01. The molecule has 1 rings (SSSR count). The molecule has 4 heteroatoms. The van der Waals surface area contributed by atoms with Gasteiger partial charge < -0.3 is 14.2 Å². The van der Waals surface area contributed by atoms with Crippen LogP contribution in [0.4, 0.5) is 4.79 Å². The molecule has 0 aliphatic carbocycles. The Kier molecular flexibility index (Phi) is 3.34. The van der Waals surface area contributed by atoms with E-state index in [-0.39, 0.29) is 12.0 Å². The van der Waals surface area contributed by atoms with Crippen molar-refractivity contribution in [3.05, 3.63) is 0 Å². The summed E-state index contributed by atoms with van der Waals surface area (Å²) in [5.41, 5.74) is 0. The average molecular weight is 174 g/mol. The molecule has 0 spiro atoms. The van der Waals surface area contributed by atoms with E-state index in [2.05, 4.69) is 4.74 Å². The molecule has 0 bridgehead atoms. The first-order chi connectivity index (χ1) is 5.77. The van der Waals surface area contributed by atoms with E-state index in [1.54, 1.807) is 7.11 Å². The van der Waals surface area contributed by atoms with E-state index < -0.39 is 6.16 Å². The van der Waals surface area contributed by atoms with Crippen LogP contribution in [0.2, 0.25) is 0 Å². The topological polar surface area (TPSA) is 44.8 Å². The smallest absolute Gasteiger partial charge is 0.430 e. The summed E-state index contributed by atoms with van der Waals surface area (Å²) in [6.07, 6.45) is 0.242. The van der Waals surface area contributed by atoms with Crippen molar-refractivity contribution >= 4 is 6.16 Å². The first kappa shape index (κ1) is 9.32. The third-order valence-electron chi connectivity index (χ3n) is 2.04. The van der Waals surface area contributed by atoms with E-state index in [9.17, 15) is 4.79 Å². The first-order valence-electron chi connectivity index (χ1n) is 4.10. The highest BCUT2D eigenvalue weighted by molar-refractivity contribution is 5.61. The maximum atomic E-state index is 10.6. The fraction of sp³-hybridized carbons (Fsp3) is 0.875. The fourth-order valence-electron chi connectivity index (χ4n) is 1.28. The Bertz CT molecular complexity index is 157. The van der Waals surface area contributed by atoms with Crippen LogP contribution in [0.5, 0.6) is 0 Å². The van der Waals surface area contributed by atoms with Crippen LogP contribution in [0.1, 0.15) is 13.3 Å². The van der Waals surface area contributed by atoms with Crippen molar-refractivity contribution in [1.82, 2.24) is 0 Å². The zero-order chi connectivity index (χ0) is 8.97. The lowest BCUT2D eigenvalue weighted by Crippen LogP contribution is -2.26. The Hall–Kier alpha value is -0.770. The minimum absolute atomic E-state index is 0.123. The lowest BCUT2D eigenvalue weighted by Gasteiger charge is -2.17. The van der Waals surface area contributed by atoms with Crippen molar-refractivity contribution in [1.29, 1.82) is 0 Å². The normalized spacial score (nSPS) is 24.8. The van der Waals surface area contributed by atoms with Crippen LogP contribution in [0.25, 0.3) is 0 Å². The molecule has 1 saturated heterocycles. The minimum Gasteiger partial charge on any atom is -0.430 e. The number of hydrogen-bond donors (Lipinski definition) is 0. The van der Waals surface area contributed by atoms with Gasteiger partial charge in [0.15, 0.2) is 0 Å². The average Bonchev–Trinajstić information content (AvgIpc) is 2.47. The second-order valence-corrected chi connectivity index (χ2v) is 2.84. The predicted octanol–water partition coefficient (Wildman–Crippen LogP) is 1.19. The number of methoxy groups -OCH3 is 1.